The van der Waals surface area contributed by atoms with Gasteiger partial charge in [0.1, 0.15) is 0 Å². The maximum absolute atomic E-state index is 11.0. The molecule has 0 saturated carbocycles. The second-order valence-corrected chi connectivity index (χ2v) is 4.84. The van der Waals surface area contributed by atoms with Gasteiger partial charge in [-0.2, -0.15) is 0 Å². The first-order chi connectivity index (χ1) is 7.66. The molecule has 16 heavy (non-hydrogen) atoms. The second kappa shape index (κ2) is 4.97. The summed E-state index contributed by atoms with van der Waals surface area (Å²) in [6, 6.07) is 0.337. The van der Waals surface area contributed by atoms with Crippen molar-refractivity contribution in [1.82, 2.24) is 9.80 Å². The Balaban J connectivity index is 1.92. The third-order valence-corrected chi connectivity index (χ3v) is 3.66. The molecule has 0 radical (unpaired) electrons. The van der Waals surface area contributed by atoms with E-state index in [9.17, 15) is 4.79 Å². The lowest BCUT2D eigenvalue weighted by Gasteiger charge is -2.38. The molecule has 2 aliphatic rings. The minimum atomic E-state index is -0.650. The lowest BCUT2D eigenvalue weighted by atomic mass is 9.90. The van der Waals surface area contributed by atoms with Gasteiger partial charge in [-0.25, -0.2) is 0 Å². The van der Waals surface area contributed by atoms with E-state index >= 15 is 0 Å². The molecule has 0 amide bonds. The molecule has 0 aromatic heterocycles. The third-order valence-electron chi connectivity index (χ3n) is 3.66. The van der Waals surface area contributed by atoms with Crippen molar-refractivity contribution in [1.29, 1.82) is 0 Å². The fourth-order valence-corrected chi connectivity index (χ4v) is 2.49. The summed E-state index contributed by atoms with van der Waals surface area (Å²) < 4.78 is 0. The quantitative estimate of drug-likeness (QED) is 0.700. The number of hydrogen-bond donors (Lipinski definition) is 1. The summed E-state index contributed by atoms with van der Waals surface area (Å²) in [6.07, 6.45) is 5.69. The largest absolute Gasteiger partial charge is 0.481 e. The molecule has 90 valence electrons. The van der Waals surface area contributed by atoms with Crippen molar-refractivity contribution in [2.75, 3.05) is 33.2 Å². The van der Waals surface area contributed by atoms with Crippen LogP contribution in [0.2, 0.25) is 0 Å². The highest BCUT2D eigenvalue weighted by Gasteiger charge is 2.28. The molecular formula is C12H20N2O2. The Bertz CT molecular complexity index is 283. The van der Waals surface area contributed by atoms with E-state index in [0.717, 1.165) is 32.6 Å². The third kappa shape index (κ3) is 2.62. The number of nitrogens with zero attached hydrogens (tertiary/aromatic N) is 2. The zero-order chi connectivity index (χ0) is 11.5. The Morgan fingerprint density at radius 1 is 1.31 bits per heavy atom. The van der Waals surface area contributed by atoms with Gasteiger partial charge < -0.3 is 10.0 Å². The molecule has 0 aromatic rings. The molecule has 4 heteroatoms. The van der Waals surface area contributed by atoms with Crippen molar-refractivity contribution in [2.24, 2.45) is 5.92 Å². The molecule has 1 unspecified atom stereocenters. The number of likely N-dealkylation sites (N-methyl/N-ethyl adjacent to an activating group) is 1. The number of rotatable bonds is 2. The number of carbonyl (C=O) groups is 1. The highest BCUT2D eigenvalue weighted by molar-refractivity contribution is 5.70. The Labute approximate surface area is 96.5 Å². The first-order valence-corrected chi connectivity index (χ1v) is 5.99. The molecule has 1 saturated heterocycles. The predicted octanol–water partition coefficient (Wildman–Crippen LogP) is 0.653. The maximum atomic E-state index is 11.0. The molecule has 0 aromatic carbocycles. The van der Waals surface area contributed by atoms with Gasteiger partial charge >= 0.3 is 5.97 Å². The Kier molecular flexibility index (Phi) is 3.61. The van der Waals surface area contributed by atoms with Crippen molar-refractivity contribution in [3.8, 4) is 0 Å². The van der Waals surface area contributed by atoms with Crippen LogP contribution in [0.4, 0.5) is 0 Å². The minimum absolute atomic E-state index is 0.186. The summed E-state index contributed by atoms with van der Waals surface area (Å²) in [7, 11) is 2.13. The molecule has 1 aliphatic heterocycles. The molecule has 0 bridgehead atoms. The van der Waals surface area contributed by atoms with Crippen LogP contribution in [0.5, 0.6) is 0 Å². The van der Waals surface area contributed by atoms with Crippen LogP contribution in [0.15, 0.2) is 12.2 Å². The lowest BCUT2D eigenvalue weighted by molar-refractivity contribution is -0.142. The predicted molar refractivity (Wildman–Crippen MR) is 62.4 cm³/mol. The molecule has 1 fully saturated rings. The molecule has 1 aliphatic carbocycles. The van der Waals surface area contributed by atoms with E-state index in [1.807, 2.05) is 6.08 Å². The van der Waals surface area contributed by atoms with E-state index in [4.69, 9.17) is 5.11 Å². The first-order valence-electron chi connectivity index (χ1n) is 5.99. The van der Waals surface area contributed by atoms with Gasteiger partial charge in [0.15, 0.2) is 0 Å². The summed E-state index contributed by atoms with van der Waals surface area (Å²) in [5.74, 6) is -0.835. The van der Waals surface area contributed by atoms with Crippen LogP contribution in [0, 0.1) is 5.92 Å². The highest BCUT2D eigenvalue weighted by atomic mass is 16.4. The second-order valence-electron chi connectivity index (χ2n) is 4.84. The van der Waals surface area contributed by atoms with Crippen molar-refractivity contribution in [3.63, 3.8) is 0 Å². The summed E-state index contributed by atoms with van der Waals surface area (Å²) in [5, 5.41) is 9.04. The SMILES string of the molecule is CN1CCN([C@@H]2C=CCC(C(=O)O)C2)CC1. The van der Waals surface area contributed by atoms with Gasteiger partial charge in [-0.3, -0.25) is 9.69 Å². The van der Waals surface area contributed by atoms with Gasteiger partial charge in [0.2, 0.25) is 0 Å². The molecule has 1 heterocycles. The average molecular weight is 224 g/mol. The van der Waals surface area contributed by atoms with E-state index in [0.29, 0.717) is 12.5 Å². The van der Waals surface area contributed by atoms with E-state index in [1.54, 1.807) is 0 Å². The monoisotopic (exact) mass is 224 g/mol. The molecule has 0 spiro atoms. The van der Waals surface area contributed by atoms with Crippen molar-refractivity contribution in [3.05, 3.63) is 12.2 Å². The lowest BCUT2D eigenvalue weighted by Crippen LogP contribution is -2.49. The topological polar surface area (TPSA) is 43.8 Å². The van der Waals surface area contributed by atoms with Gasteiger partial charge in [-0.05, 0) is 19.9 Å². The molecule has 4 nitrogen and oxygen atoms in total. The maximum Gasteiger partial charge on any atom is 0.306 e. The van der Waals surface area contributed by atoms with Crippen molar-refractivity contribution >= 4 is 5.97 Å². The normalized spacial score (nSPS) is 32.8. The smallest absolute Gasteiger partial charge is 0.306 e. The van der Waals surface area contributed by atoms with Crippen molar-refractivity contribution in [2.45, 2.75) is 18.9 Å². The zero-order valence-corrected chi connectivity index (χ0v) is 9.80. The number of carboxylic acids is 1. The van der Waals surface area contributed by atoms with Gasteiger partial charge in [0, 0.05) is 32.2 Å². The Morgan fingerprint density at radius 2 is 2.00 bits per heavy atom. The van der Waals surface area contributed by atoms with Crippen LogP contribution in [-0.2, 0) is 4.79 Å². The summed E-state index contributed by atoms with van der Waals surface area (Å²) in [5.41, 5.74) is 0. The molecular weight excluding hydrogens is 204 g/mol. The number of hydrogen-bond acceptors (Lipinski definition) is 3. The summed E-state index contributed by atoms with van der Waals surface area (Å²) in [4.78, 5) is 15.7. The zero-order valence-electron chi connectivity index (χ0n) is 9.80. The van der Waals surface area contributed by atoms with Crippen LogP contribution >= 0.6 is 0 Å². The fraction of sp³-hybridized carbons (Fsp3) is 0.750. The number of piperazine rings is 1. The van der Waals surface area contributed by atoms with E-state index in [2.05, 4.69) is 22.9 Å². The molecule has 2 rings (SSSR count). The number of allylic oxidation sites excluding steroid dienone is 1. The molecule has 2 atom stereocenters. The van der Waals surface area contributed by atoms with Gasteiger partial charge in [-0.1, -0.05) is 12.2 Å². The van der Waals surface area contributed by atoms with E-state index in [1.165, 1.54) is 0 Å². The van der Waals surface area contributed by atoms with E-state index in [-0.39, 0.29) is 5.92 Å². The van der Waals surface area contributed by atoms with E-state index < -0.39 is 5.97 Å². The fourth-order valence-electron chi connectivity index (χ4n) is 2.49. The van der Waals surface area contributed by atoms with Crippen LogP contribution in [0.3, 0.4) is 0 Å². The van der Waals surface area contributed by atoms with Gasteiger partial charge in [-0.15, -0.1) is 0 Å². The number of carboxylic acid groups (broad SMARTS) is 1. The summed E-state index contributed by atoms with van der Waals surface area (Å²) >= 11 is 0. The standard InChI is InChI=1S/C12H20N2O2/c1-13-5-7-14(8-6-13)11-4-2-3-10(9-11)12(15)16/h2,4,10-11H,3,5-9H2,1H3,(H,15,16)/t10?,11-/m1/s1. The van der Waals surface area contributed by atoms with Crippen LogP contribution in [0.1, 0.15) is 12.8 Å². The van der Waals surface area contributed by atoms with Crippen molar-refractivity contribution < 1.29 is 9.90 Å². The Morgan fingerprint density at radius 3 is 2.62 bits per heavy atom. The van der Waals surface area contributed by atoms with Gasteiger partial charge in [0.05, 0.1) is 5.92 Å². The van der Waals surface area contributed by atoms with Crippen LogP contribution in [0.25, 0.3) is 0 Å². The Hall–Kier alpha value is -0.870. The van der Waals surface area contributed by atoms with Crippen LogP contribution < -0.4 is 0 Å². The minimum Gasteiger partial charge on any atom is -0.481 e. The van der Waals surface area contributed by atoms with Gasteiger partial charge in [0.25, 0.3) is 0 Å². The highest BCUT2D eigenvalue weighted by Crippen LogP contribution is 2.23. The molecule has 1 N–H and O–H groups in total. The first kappa shape index (κ1) is 11.6. The van der Waals surface area contributed by atoms with Crippen LogP contribution in [-0.4, -0.2) is 60.1 Å². The average Bonchev–Trinajstić information content (AvgIpc) is 2.30. The number of aliphatic carboxylic acids is 1. The summed E-state index contributed by atoms with van der Waals surface area (Å²) in [6.45, 7) is 4.28.